The molecule has 2 N–H and O–H groups in total. The van der Waals surface area contributed by atoms with Crippen molar-refractivity contribution in [1.29, 1.82) is 0 Å². The highest BCUT2D eigenvalue weighted by Crippen LogP contribution is 2.22. The van der Waals surface area contributed by atoms with E-state index in [1.54, 1.807) is 0 Å². The maximum atomic E-state index is 12.5. The highest BCUT2D eigenvalue weighted by Gasteiger charge is 2.23. The van der Waals surface area contributed by atoms with Crippen molar-refractivity contribution in [2.75, 3.05) is 0 Å². The molecule has 2 aromatic heterocycles. The normalized spacial score (nSPS) is 11.4. The van der Waals surface area contributed by atoms with E-state index < -0.39 is 21.4 Å². The van der Waals surface area contributed by atoms with Gasteiger partial charge in [0, 0.05) is 17.6 Å². The maximum absolute atomic E-state index is 12.5. The maximum Gasteiger partial charge on any atom is 0.265 e. The number of nitrogens with one attached hydrogen (secondary N) is 2. The Hall–Kier alpha value is -2.78. The summed E-state index contributed by atoms with van der Waals surface area (Å²) in [5.74, 6) is -1.71. The number of carbonyl (C=O) groups excluding carboxylic acids is 2. The SMILES string of the molecule is O=C(Cc1c[nH]c(S(=O)(=O)c2ccc(Cl)cc2)c1)C(=O)c1ncn[nH]1. The fourth-order valence-electron chi connectivity index (χ4n) is 2.13. The van der Waals surface area contributed by atoms with Crippen LogP contribution in [0.3, 0.4) is 0 Å². The Morgan fingerprint density at radius 1 is 1.16 bits per heavy atom. The molecule has 25 heavy (non-hydrogen) atoms. The van der Waals surface area contributed by atoms with Crippen molar-refractivity contribution in [3.8, 4) is 0 Å². The molecule has 0 amide bonds. The first-order valence-corrected chi connectivity index (χ1v) is 8.85. The average Bonchev–Trinajstić information content (AvgIpc) is 3.26. The minimum atomic E-state index is -3.77. The van der Waals surface area contributed by atoms with Gasteiger partial charge in [0.2, 0.25) is 15.6 Å². The second-order valence-electron chi connectivity index (χ2n) is 5.09. The Bertz CT molecular complexity index is 1020. The minimum absolute atomic E-state index is 0.0642. The first-order valence-electron chi connectivity index (χ1n) is 6.99. The molecule has 0 atom stereocenters. The molecule has 0 bridgehead atoms. The lowest BCUT2D eigenvalue weighted by molar-refractivity contribution is -0.114. The molecule has 0 unspecified atom stereocenters. The van der Waals surface area contributed by atoms with E-state index in [9.17, 15) is 18.0 Å². The third kappa shape index (κ3) is 3.52. The quantitative estimate of drug-likeness (QED) is 0.495. The highest BCUT2D eigenvalue weighted by molar-refractivity contribution is 7.91. The van der Waals surface area contributed by atoms with Crippen molar-refractivity contribution >= 4 is 33.0 Å². The monoisotopic (exact) mass is 378 g/mol. The van der Waals surface area contributed by atoms with Crippen molar-refractivity contribution < 1.29 is 18.0 Å². The minimum Gasteiger partial charge on any atom is -0.352 e. The molecular weight excluding hydrogens is 368 g/mol. The zero-order valence-corrected chi connectivity index (χ0v) is 14.1. The molecule has 8 nitrogen and oxygen atoms in total. The Morgan fingerprint density at radius 3 is 2.52 bits per heavy atom. The number of halogens is 1. The topological polar surface area (TPSA) is 126 Å². The summed E-state index contributed by atoms with van der Waals surface area (Å²) in [7, 11) is -3.77. The molecule has 3 aromatic rings. The molecule has 2 heterocycles. The predicted octanol–water partition coefficient (Wildman–Crippen LogP) is 1.61. The molecule has 0 saturated heterocycles. The number of benzene rings is 1. The van der Waals surface area contributed by atoms with Gasteiger partial charge in [-0.15, -0.1) is 0 Å². The summed E-state index contributed by atoms with van der Waals surface area (Å²) in [6.07, 6.45) is 2.23. The lowest BCUT2D eigenvalue weighted by atomic mass is 10.1. The van der Waals surface area contributed by atoms with Gasteiger partial charge in [0.05, 0.1) is 4.90 Å². The number of aromatic nitrogens is 4. The number of carbonyl (C=O) groups is 2. The van der Waals surface area contributed by atoms with Crippen LogP contribution in [0.15, 0.2) is 52.8 Å². The fourth-order valence-corrected chi connectivity index (χ4v) is 3.52. The standard InChI is InChI=1S/C15H11ClN4O4S/c16-10-1-3-11(4-2-10)25(23,24)13-6-9(7-17-13)5-12(21)14(22)15-18-8-19-20-15/h1-4,6-8,17H,5H2,(H,18,19,20). The number of rotatable bonds is 6. The van der Waals surface area contributed by atoms with Crippen molar-refractivity contribution in [1.82, 2.24) is 20.2 Å². The van der Waals surface area contributed by atoms with E-state index in [1.165, 1.54) is 36.5 Å². The molecule has 0 fully saturated rings. The van der Waals surface area contributed by atoms with E-state index in [1.807, 2.05) is 0 Å². The van der Waals surface area contributed by atoms with E-state index in [0.29, 0.717) is 10.6 Å². The third-order valence-corrected chi connectivity index (χ3v) is 5.34. The number of ketones is 2. The summed E-state index contributed by atoms with van der Waals surface area (Å²) >= 11 is 5.76. The van der Waals surface area contributed by atoms with E-state index in [4.69, 9.17) is 11.6 Å². The van der Waals surface area contributed by atoms with Crippen molar-refractivity contribution in [2.45, 2.75) is 16.3 Å². The van der Waals surface area contributed by atoms with Gasteiger partial charge in [0.1, 0.15) is 11.4 Å². The van der Waals surface area contributed by atoms with Crippen LogP contribution >= 0.6 is 11.6 Å². The van der Waals surface area contributed by atoms with Gasteiger partial charge in [0.15, 0.2) is 5.82 Å². The molecule has 0 aliphatic heterocycles. The Kier molecular flexibility index (Phi) is 4.51. The van der Waals surface area contributed by atoms with Crippen LogP contribution in [-0.4, -0.2) is 40.1 Å². The number of hydrogen-bond donors (Lipinski definition) is 2. The number of sulfone groups is 1. The Morgan fingerprint density at radius 2 is 1.88 bits per heavy atom. The van der Waals surface area contributed by atoms with E-state index in [-0.39, 0.29) is 22.2 Å². The summed E-state index contributed by atoms with van der Waals surface area (Å²) in [6, 6.07) is 7.03. The first-order chi connectivity index (χ1) is 11.9. The third-order valence-electron chi connectivity index (χ3n) is 3.38. The molecule has 0 spiro atoms. The molecule has 0 radical (unpaired) electrons. The first kappa shape index (κ1) is 17.1. The van der Waals surface area contributed by atoms with Gasteiger partial charge >= 0.3 is 0 Å². The van der Waals surface area contributed by atoms with Gasteiger partial charge in [-0.25, -0.2) is 13.4 Å². The lowest BCUT2D eigenvalue weighted by Gasteiger charge is -2.01. The lowest BCUT2D eigenvalue weighted by Crippen LogP contribution is -2.17. The van der Waals surface area contributed by atoms with Crippen molar-refractivity contribution in [2.24, 2.45) is 0 Å². The summed E-state index contributed by atoms with van der Waals surface area (Å²) in [6.45, 7) is 0. The van der Waals surface area contributed by atoms with Crippen LogP contribution in [0.4, 0.5) is 0 Å². The van der Waals surface area contributed by atoms with Crippen LogP contribution in [0.25, 0.3) is 0 Å². The summed E-state index contributed by atoms with van der Waals surface area (Å²) in [5.41, 5.74) is 0.366. The summed E-state index contributed by atoms with van der Waals surface area (Å²) < 4.78 is 25.0. The van der Waals surface area contributed by atoms with Gasteiger partial charge in [-0.2, -0.15) is 5.10 Å². The largest absolute Gasteiger partial charge is 0.352 e. The van der Waals surface area contributed by atoms with Crippen molar-refractivity contribution in [3.63, 3.8) is 0 Å². The second-order valence-corrected chi connectivity index (χ2v) is 7.45. The second kappa shape index (κ2) is 6.61. The van der Waals surface area contributed by atoms with Crippen LogP contribution in [0, 0.1) is 0 Å². The van der Waals surface area contributed by atoms with Crippen LogP contribution in [0.1, 0.15) is 16.2 Å². The molecule has 1 aromatic carbocycles. The van der Waals surface area contributed by atoms with Crippen LogP contribution in [0.5, 0.6) is 0 Å². The van der Waals surface area contributed by atoms with Crippen LogP contribution < -0.4 is 0 Å². The molecule has 0 aliphatic carbocycles. The van der Waals surface area contributed by atoms with E-state index >= 15 is 0 Å². The Labute approximate surface area is 147 Å². The van der Waals surface area contributed by atoms with Gasteiger partial charge in [-0.3, -0.25) is 14.7 Å². The van der Waals surface area contributed by atoms with Crippen LogP contribution in [0.2, 0.25) is 5.02 Å². The van der Waals surface area contributed by atoms with Gasteiger partial charge in [0.25, 0.3) is 5.78 Å². The average molecular weight is 379 g/mol. The van der Waals surface area contributed by atoms with Gasteiger partial charge in [-0.1, -0.05) is 11.6 Å². The number of nitrogens with zero attached hydrogens (tertiary/aromatic N) is 2. The number of Topliss-reactive ketones (excluding diaryl/α,β-unsaturated/α-hetero) is 2. The number of aromatic amines is 2. The zero-order chi connectivity index (χ0) is 18.0. The van der Waals surface area contributed by atoms with E-state index in [0.717, 1.165) is 6.33 Å². The molecule has 3 rings (SSSR count). The fraction of sp³-hybridized carbons (Fsp3) is 0.0667. The smallest absolute Gasteiger partial charge is 0.265 e. The molecule has 0 saturated carbocycles. The number of hydrogen-bond acceptors (Lipinski definition) is 6. The molecular formula is C15H11ClN4O4S. The Balaban J connectivity index is 1.79. The highest BCUT2D eigenvalue weighted by atomic mass is 35.5. The van der Waals surface area contributed by atoms with Crippen LogP contribution in [-0.2, 0) is 21.1 Å². The molecule has 10 heteroatoms. The summed E-state index contributed by atoms with van der Waals surface area (Å²) in [5, 5.41) is 6.16. The number of H-pyrrole nitrogens is 2. The molecule has 0 aliphatic rings. The zero-order valence-electron chi connectivity index (χ0n) is 12.6. The van der Waals surface area contributed by atoms with Crippen molar-refractivity contribution in [3.05, 3.63) is 59.3 Å². The predicted molar refractivity (Wildman–Crippen MR) is 87.1 cm³/mol. The summed E-state index contributed by atoms with van der Waals surface area (Å²) in [4.78, 5) is 30.1. The van der Waals surface area contributed by atoms with Gasteiger partial charge < -0.3 is 4.98 Å². The van der Waals surface area contributed by atoms with E-state index in [2.05, 4.69) is 20.2 Å². The van der Waals surface area contributed by atoms with Gasteiger partial charge in [-0.05, 0) is 35.9 Å². The molecule has 128 valence electrons.